The third kappa shape index (κ3) is 5.60. The summed E-state index contributed by atoms with van der Waals surface area (Å²) in [4.78, 5) is 13.6. The summed E-state index contributed by atoms with van der Waals surface area (Å²) in [6.07, 6.45) is 4.63. The van der Waals surface area contributed by atoms with E-state index in [4.69, 9.17) is 5.11 Å². The second kappa shape index (κ2) is 9.80. The van der Waals surface area contributed by atoms with Crippen molar-refractivity contribution in [2.24, 2.45) is 5.92 Å². The third-order valence-corrected chi connectivity index (χ3v) is 5.36. The average Bonchev–Trinajstić information content (AvgIpc) is 2.61. The zero-order valence-electron chi connectivity index (χ0n) is 15.1. The second-order valence-electron chi connectivity index (χ2n) is 6.86. The molecule has 134 valence electrons. The Hall–Kier alpha value is -1.39. The van der Waals surface area contributed by atoms with Gasteiger partial charge in [-0.1, -0.05) is 44.2 Å². The summed E-state index contributed by atoms with van der Waals surface area (Å²) in [6.45, 7) is 7.53. The first-order valence-corrected chi connectivity index (χ1v) is 9.38. The lowest BCUT2D eigenvalue weighted by atomic mass is 9.86. The molecule has 0 saturated heterocycles. The molecule has 1 aliphatic carbocycles. The number of nitrogens with one attached hydrogen (secondary N) is 1. The van der Waals surface area contributed by atoms with Crippen molar-refractivity contribution in [2.75, 3.05) is 19.6 Å². The van der Waals surface area contributed by atoms with Crippen LogP contribution in [0.15, 0.2) is 30.3 Å². The van der Waals surface area contributed by atoms with Crippen LogP contribution in [0.4, 0.5) is 0 Å². The van der Waals surface area contributed by atoms with Gasteiger partial charge in [-0.2, -0.15) is 0 Å². The van der Waals surface area contributed by atoms with Crippen LogP contribution in [-0.2, 0) is 11.2 Å². The van der Waals surface area contributed by atoms with Crippen LogP contribution in [0.5, 0.6) is 0 Å². The number of benzene rings is 1. The SMILES string of the molecule is CCN(CC)C(CNC1CCC(C(=O)O)CC1)Cc1ccccc1. The first-order chi connectivity index (χ1) is 11.6. The predicted octanol–water partition coefficient (Wildman–Crippen LogP) is 3.17. The van der Waals surface area contributed by atoms with Gasteiger partial charge in [0.1, 0.15) is 0 Å². The van der Waals surface area contributed by atoms with E-state index < -0.39 is 5.97 Å². The number of carboxylic acid groups (broad SMARTS) is 1. The molecule has 1 aromatic carbocycles. The van der Waals surface area contributed by atoms with Crippen molar-refractivity contribution in [3.63, 3.8) is 0 Å². The highest BCUT2D eigenvalue weighted by Gasteiger charge is 2.26. The minimum Gasteiger partial charge on any atom is -0.481 e. The summed E-state index contributed by atoms with van der Waals surface area (Å²) in [7, 11) is 0. The average molecular weight is 332 g/mol. The Labute approximate surface area is 146 Å². The highest BCUT2D eigenvalue weighted by Crippen LogP contribution is 2.24. The molecule has 1 aliphatic rings. The maximum Gasteiger partial charge on any atom is 0.306 e. The van der Waals surface area contributed by atoms with E-state index in [2.05, 4.69) is 54.4 Å². The molecule has 0 aliphatic heterocycles. The van der Waals surface area contributed by atoms with E-state index >= 15 is 0 Å². The van der Waals surface area contributed by atoms with Gasteiger partial charge in [0.2, 0.25) is 0 Å². The molecule has 1 unspecified atom stereocenters. The quantitative estimate of drug-likeness (QED) is 0.729. The molecule has 0 amide bonds. The molecule has 0 radical (unpaired) electrons. The van der Waals surface area contributed by atoms with E-state index in [-0.39, 0.29) is 5.92 Å². The number of hydrogen-bond donors (Lipinski definition) is 2. The largest absolute Gasteiger partial charge is 0.481 e. The van der Waals surface area contributed by atoms with Crippen LogP contribution in [0.25, 0.3) is 0 Å². The molecule has 0 heterocycles. The fourth-order valence-electron chi connectivity index (χ4n) is 3.80. The van der Waals surface area contributed by atoms with Crippen molar-refractivity contribution >= 4 is 5.97 Å². The van der Waals surface area contributed by atoms with Crippen LogP contribution in [-0.4, -0.2) is 47.7 Å². The van der Waals surface area contributed by atoms with Gasteiger partial charge in [-0.25, -0.2) is 0 Å². The predicted molar refractivity (Wildman–Crippen MR) is 98.2 cm³/mol. The zero-order valence-corrected chi connectivity index (χ0v) is 15.1. The van der Waals surface area contributed by atoms with Gasteiger partial charge < -0.3 is 10.4 Å². The number of rotatable bonds is 9. The van der Waals surface area contributed by atoms with Crippen LogP contribution in [0.2, 0.25) is 0 Å². The molecular formula is C20H32N2O2. The number of likely N-dealkylation sites (N-methyl/N-ethyl adjacent to an activating group) is 1. The molecule has 0 spiro atoms. The molecule has 4 heteroatoms. The topological polar surface area (TPSA) is 52.6 Å². The lowest BCUT2D eigenvalue weighted by molar-refractivity contribution is -0.142. The van der Waals surface area contributed by atoms with Gasteiger partial charge in [-0.3, -0.25) is 9.69 Å². The Morgan fingerprint density at radius 2 is 1.79 bits per heavy atom. The molecule has 1 atom stereocenters. The van der Waals surface area contributed by atoms with Gasteiger partial charge in [0.15, 0.2) is 0 Å². The summed E-state index contributed by atoms with van der Waals surface area (Å²) >= 11 is 0. The lowest BCUT2D eigenvalue weighted by Crippen LogP contribution is -2.47. The van der Waals surface area contributed by atoms with E-state index in [9.17, 15) is 4.79 Å². The molecule has 0 bridgehead atoms. The van der Waals surface area contributed by atoms with E-state index in [1.165, 1.54) is 5.56 Å². The lowest BCUT2D eigenvalue weighted by Gasteiger charge is -2.33. The van der Waals surface area contributed by atoms with E-state index in [0.717, 1.165) is 51.7 Å². The smallest absolute Gasteiger partial charge is 0.306 e. The first kappa shape index (κ1) is 18.9. The van der Waals surface area contributed by atoms with Gasteiger partial charge in [0, 0.05) is 18.6 Å². The minimum atomic E-state index is -0.626. The van der Waals surface area contributed by atoms with Crippen molar-refractivity contribution in [1.82, 2.24) is 10.2 Å². The Balaban J connectivity index is 1.88. The number of carboxylic acids is 1. The Morgan fingerprint density at radius 1 is 1.17 bits per heavy atom. The van der Waals surface area contributed by atoms with Crippen molar-refractivity contribution in [1.29, 1.82) is 0 Å². The molecule has 0 aromatic heterocycles. The highest BCUT2D eigenvalue weighted by molar-refractivity contribution is 5.70. The Kier molecular flexibility index (Phi) is 7.73. The molecular weight excluding hydrogens is 300 g/mol. The van der Waals surface area contributed by atoms with Gasteiger partial charge in [-0.05, 0) is 50.8 Å². The molecule has 2 rings (SSSR count). The Morgan fingerprint density at radius 3 is 2.33 bits per heavy atom. The molecule has 1 fully saturated rings. The number of aliphatic carboxylic acids is 1. The van der Waals surface area contributed by atoms with Gasteiger partial charge >= 0.3 is 5.97 Å². The summed E-state index contributed by atoms with van der Waals surface area (Å²) in [5, 5.41) is 12.8. The normalized spacial score (nSPS) is 22.5. The summed E-state index contributed by atoms with van der Waals surface area (Å²) in [5.74, 6) is -0.760. The molecule has 1 saturated carbocycles. The number of carbonyl (C=O) groups is 1. The molecule has 24 heavy (non-hydrogen) atoms. The molecule has 4 nitrogen and oxygen atoms in total. The minimum absolute atomic E-state index is 0.133. The molecule has 2 N–H and O–H groups in total. The third-order valence-electron chi connectivity index (χ3n) is 5.36. The van der Waals surface area contributed by atoms with Crippen molar-refractivity contribution in [2.45, 2.75) is 58.0 Å². The fraction of sp³-hybridized carbons (Fsp3) is 0.650. The van der Waals surface area contributed by atoms with E-state index in [0.29, 0.717) is 12.1 Å². The van der Waals surface area contributed by atoms with Gasteiger partial charge in [-0.15, -0.1) is 0 Å². The van der Waals surface area contributed by atoms with Crippen molar-refractivity contribution in [3.8, 4) is 0 Å². The summed E-state index contributed by atoms with van der Waals surface area (Å²) < 4.78 is 0. The number of hydrogen-bond acceptors (Lipinski definition) is 3. The van der Waals surface area contributed by atoms with Crippen molar-refractivity contribution < 1.29 is 9.90 Å². The summed E-state index contributed by atoms with van der Waals surface area (Å²) in [6, 6.07) is 11.6. The van der Waals surface area contributed by atoms with Gasteiger partial charge in [0.25, 0.3) is 0 Å². The standard InChI is InChI=1S/C20H32N2O2/c1-3-22(4-2)19(14-16-8-6-5-7-9-16)15-21-18-12-10-17(11-13-18)20(23)24/h5-9,17-19,21H,3-4,10-15H2,1-2H3,(H,23,24). The maximum atomic E-state index is 11.1. The van der Waals surface area contributed by atoms with Crippen LogP contribution >= 0.6 is 0 Å². The van der Waals surface area contributed by atoms with Crippen LogP contribution < -0.4 is 5.32 Å². The molecule has 1 aromatic rings. The maximum absolute atomic E-state index is 11.1. The number of nitrogens with zero attached hydrogens (tertiary/aromatic N) is 1. The van der Waals surface area contributed by atoms with Crippen LogP contribution in [0.1, 0.15) is 45.1 Å². The fourth-order valence-corrected chi connectivity index (χ4v) is 3.80. The van der Waals surface area contributed by atoms with Crippen LogP contribution in [0, 0.1) is 5.92 Å². The van der Waals surface area contributed by atoms with Crippen molar-refractivity contribution in [3.05, 3.63) is 35.9 Å². The van der Waals surface area contributed by atoms with Gasteiger partial charge in [0.05, 0.1) is 5.92 Å². The Bertz CT molecular complexity index is 480. The van der Waals surface area contributed by atoms with E-state index in [1.807, 2.05) is 0 Å². The monoisotopic (exact) mass is 332 g/mol. The summed E-state index contributed by atoms with van der Waals surface area (Å²) in [5.41, 5.74) is 1.38. The van der Waals surface area contributed by atoms with E-state index in [1.54, 1.807) is 0 Å². The highest BCUT2D eigenvalue weighted by atomic mass is 16.4. The first-order valence-electron chi connectivity index (χ1n) is 9.38. The zero-order chi connectivity index (χ0) is 17.4. The second-order valence-corrected chi connectivity index (χ2v) is 6.86. The van der Waals surface area contributed by atoms with Crippen LogP contribution in [0.3, 0.4) is 0 Å².